The average molecular weight is 458 g/mol. The molecule has 4 aromatic rings. The van der Waals surface area contributed by atoms with E-state index in [1.165, 1.54) is 0 Å². The number of hydrogen-bond donors (Lipinski definition) is 0. The lowest BCUT2D eigenvalue weighted by Crippen LogP contribution is -2.02. The van der Waals surface area contributed by atoms with Crippen molar-refractivity contribution in [1.29, 1.82) is 0 Å². The number of carbonyl (C=O) groups excluding carboxylic acids is 1. The third kappa shape index (κ3) is 3.68. The van der Waals surface area contributed by atoms with Gasteiger partial charge in [0.2, 0.25) is 0 Å². The first-order valence-electron chi connectivity index (χ1n) is 10.9. The Balaban J connectivity index is 1.89. The maximum atomic E-state index is 14.2. The van der Waals surface area contributed by atoms with Gasteiger partial charge in [-0.2, -0.15) is 0 Å². The van der Waals surface area contributed by atoms with Crippen molar-refractivity contribution in [2.45, 2.75) is 13.8 Å². The molecule has 5 nitrogen and oxygen atoms in total. The van der Waals surface area contributed by atoms with Crippen molar-refractivity contribution in [3.8, 4) is 0 Å². The minimum absolute atomic E-state index is 0.178. The molecule has 5 rings (SSSR count). The highest BCUT2D eigenvalue weighted by Crippen LogP contribution is 2.64. The largest absolute Gasteiger partial charge is 0.421 e. The molecule has 0 fully saturated rings. The Labute approximate surface area is 192 Å². The number of ether oxygens (including phenoxy) is 1. The minimum atomic E-state index is -3.85. The smallest absolute Gasteiger partial charge is 0.365 e. The fourth-order valence-electron chi connectivity index (χ4n) is 4.31. The molecule has 166 valence electrons. The van der Waals surface area contributed by atoms with Gasteiger partial charge in [-0.25, -0.2) is 4.79 Å². The van der Waals surface area contributed by atoms with Gasteiger partial charge in [-0.3, -0.25) is 4.57 Å². The Morgan fingerprint density at radius 1 is 0.788 bits per heavy atom. The van der Waals surface area contributed by atoms with Crippen LogP contribution >= 0.6 is 7.60 Å². The Hall–Kier alpha value is -3.24. The van der Waals surface area contributed by atoms with E-state index in [2.05, 4.69) is 0 Å². The van der Waals surface area contributed by atoms with Crippen molar-refractivity contribution in [3.05, 3.63) is 95.6 Å². The van der Waals surface area contributed by atoms with E-state index >= 15 is 0 Å². The molecule has 0 spiro atoms. The van der Waals surface area contributed by atoms with Crippen molar-refractivity contribution < 1.29 is 23.1 Å². The number of hydrogen-bond acceptors (Lipinski definition) is 5. The third-order valence-corrected chi connectivity index (χ3v) is 7.86. The zero-order valence-corrected chi connectivity index (χ0v) is 19.3. The summed E-state index contributed by atoms with van der Waals surface area (Å²) < 4.78 is 31.6. The molecule has 0 bridgehead atoms. The van der Waals surface area contributed by atoms with Crippen LogP contribution in [0.3, 0.4) is 0 Å². The van der Waals surface area contributed by atoms with Gasteiger partial charge in [0.05, 0.1) is 18.8 Å². The first-order chi connectivity index (χ1) is 16.1. The molecule has 0 N–H and O–H groups in total. The number of rotatable bonds is 6. The second-order valence-corrected chi connectivity index (χ2v) is 9.63. The van der Waals surface area contributed by atoms with Crippen LogP contribution in [0.1, 0.15) is 35.3 Å². The average Bonchev–Trinajstić information content (AvgIpc) is 3.13. The first kappa shape index (κ1) is 21.6. The number of fused-ring (bicyclic) bond motifs is 3. The van der Waals surface area contributed by atoms with Crippen LogP contribution in [0.25, 0.3) is 32.6 Å². The van der Waals surface area contributed by atoms with E-state index in [9.17, 15) is 9.36 Å². The Morgan fingerprint density at radius 2 is 1.36 bits per heavy atom. The lowest BCUT2D eigenvalue weighted by atomic mass is 9.99. The fourth-order valence-corrected chi connectivity index (χ4v) is 6.23. The van der Waals surface area contributed by atoms with Crippen LogP contribution < -0.4 is 0 Å². The summed E-state index contributed by atoms with van der Waals surface area (Å²) in [6, 6.07) is 25.0. The van der Waals surface area contributed by atoms with Crippen LogP contribution in [0.4, 0.5) is 0 Å². The van der Waals surface area contributed by atoms with Gasteiger partial charge in [0.25, 0.3) is 0 Å². The summed E-state index contributed by atoms with van der Waals surface area (Å²) in [5, 5.41) is 3.99. The van der Waals surface area contributed by atoms with E-state index in [0.29, 0.717) is 16.7 Å². The standard InChI is InChI=1S/C27H23O5P/c1-3-30-33(29,31-4-2)26(22-15-9-13-18-10-7-8-14-21(18)22)25-23-16-19-11-5-6-12-20(19)17-24(23)27(28)32-25/h5-17H,3-4H2,1-2H3. The molecule has 33 heavy (non-hydrogen) atoms. The summed E-state index contributed by atoms with van der Waals surface area (Å²) in [6.07, 6.45) is 0. The third-order valence-electron chi connectivity index (χ3n) is 5.68. The number of benzene rings is 4. The zero-order valence-electron chi connectivity index (χ0n) is 18.4. The van der Waals surface area contributed by atoms with E-state index in [1.807, 2.05) is 78.9 Å². The van der Waals surface area contributed by atoms with Crippen molar-refractivity contribution in [1.82, 2.24) is 0 Å². The number of carbonyl (C=O) groups is 1. The molecular weight excluding hydrogens is 435 g/mol. The summed E-state index contributed by atoms with van der Waals surface area (Å²) in [5.41, 5.74) is 1.67. The molecule has 1 aliphatic rings. The summed E-state index contributed by atoms with van der Waals surface area (Å²) in [4.78, 5) is 12.9. The number of esters is 1. The maximum Gasteiger partial charge on any atom is 0.365 e. The predicted molar refractivity (Wildman–Crippen MR) is 131 cm³/mol. The molecular formula is C27H23O5P. The molecule has 4 aromatic carbocycles. The van der Waals surface area contributed by atoms with Crippen LogP contribution in [0.15, 0.2) is 78.9 Å². The molecule has 1 heterocycles. The first-order valence-corrected chi connectivity index (χ1v) is 12.5. The monoisotopic (exact) mass is 458 g/mol. The van der Waals surface area contributed by atoms with E-state index < -0.39 is 13.6 Å². The lowest BCUT2D eigenvalue weighted by Gasteiger charge is -2.23. The minimum Gasteiger partial charge on any atom is -0.421 e. The second kappa shape index (κ2) is 8.60. The SMILES string of the molecule is CCOP(=O)(OCC)C(=C1OC(=O)c2cc3ccccc3cc21)c1cccc2ccccc12. The van der Waals surface area contributed by atoms with Crippen molar-refractivity contribution in [2.75, 3.05) is 13.2 Å². The van der Waals surface area contributed by atoms with Gasteiger partial charge in [0.1, 0.15) is 5.31 Å². The van der Waals surface area contributed by atoms with Crippen LogP contribution in [0.2, 0.25) is 0 Å². The molecule has 0 amide bonds. The molecule has 6 heteroatoms. The molecule has 0 unspecified atom stereocenters. The summed E-state index contributed by atoms with van der Waals surface area (Å²) in [6.45, 7) is 3.88. The van der Waals surface area contributed by atoms with Crippen LogP contribution in [-0.4, -0.2) is 19.2 Å². The topological polar surface area (TPSA) is 61.8 Å². The van der Waals surface area contributed by atoms with E-state index in [4.69, 9.17) is 13.8 Å². The number of cyclic esters (lactones) is 1. The summed E-state index contributed by atoms with van der Waals surface area (Å²) >= 11 is 0. The molecule has 0 atom stereocenters. The molecule has 0 radical (unpaired) electrons. The van der Waals surface area contributed by atoms with E-state index in [0.717, 1.165) is 21.5 Å². The van der Waals surface area contributed by atoms with Gasteiger partial charge < -0.3 is 13.8 Å². The van der Waals surface area contributed by atoms with Gasteiger partial charge in [-0.05, 0) is 47.5 Å². The van der Waals surface area contributed by atoms with Gasteiger partial charge in [-0.1, -0.05) is 66.7 Å². The van der Waals surface area contributed by atoms with E-state index in [1.54, 1.807) is 13.8 Å². The fraction of sp³-hybridized carbons (Fsp3) is 0.148. The Bertz CT molecular complexity index is 1450. The highest BCUT2D eigenvalue weighted by Gasteiger charge is 2.40. The second-order valence-electron chi connectivity index (χ2n) is 7.67. The Kier molecular flexibility index (Phi) is 5.63. The van der Waals surface area contributed by atoms with Gasteiger partial charge >= 0.3 is 13.6 Å². The highest BCUT2D eigenvalue weighted by molar-refractivity contribution is 7.65. The Morgan fingerprint density at radius 3 is 2.03 bits per heavy atom. The van der Waals surface area contributed by atoms with Crippen LogP contribution in [0.5, 0.6) is 0 Å². The predicted octanol–water partition coefficient (Wildman–Crippen LogP) is 7.26. The van der Waals surface area contributed by atoms with Gasteiger partial charge in [0.15, 0.2) is 5.76 Å². The highest BCUT2D eigenvalue weighted by atomic mass is 31.2. The molecule has 0 saturated heterocycles. The molecule has 1 aliphatic heterocycles. The maximum absolute atomic E-state index is 14.2. The summed E-state index contributed by atoms with van der Waals surface area (Å²) in [5.74, 6) is -0.259. The summed E-state index contributed by atoms with van der Waals surface area (Å²) in [7, 11) is -3.85. The van der Waals surface area contributed by atoms with E-state index in [-0.39, 0.29) is 24.3 Å². The van der Waals surface area contributed by atoms with Crippen molar-refractivity contribution in [3.63, 3.8) is 0 Å². The van der Waals surface area contributed by atoms with Gasteiger partial charge in [-0.15, -0.1) is 0 Å². The zero-order chi connectivity index (χ0) is 23.0. The van der Waals surface area contributed by atoms with Gasteiger partial charge in [0, 0.05) is 11.1 Å². The van der Waals surface area contributed by atoms with Crippen molar-refractivity contribution in [2.24, 2.45) is 0 Å². The van der Waals surface area contributed by atoms with Crippen LogP contribution in [0, 0.1) is 0 Å². The molecule has 0 saturated carbocycles. The van der Waals surface area contributed by atoms with Crippen LogP contribution in [-0.2, 0) is 18.3 Å². The quantitative estimate of drug-likeness (QED) is 0.225. The van der Waals surface area contributed by atoms with Crippen molar-refractivity contribution >= 4 is 46.2 Å². The molecule has 0 aliphatic carbocycles. The normalized spacial score (nSPS) is 15.0. The lowest BCUT2D eigenvalue weighted by molar-refractivity contribution is 0.0717. The molecule has 0 aromatic heterocycles.